The maximum atomic E-state index is 11.7. The van der Waals surface area contributed by atoms with E-state index in [1.807, 2.05) is 23.6 Å². The van der Waals surface area contributed by atoms with Crippen molar-refractivity contribution in [3.63, 3.8) is 0 Å². The van der Waals surface area contributed by atoms with Gasteiger partial charge in [0.2, 0.25) is 5.91 Å². The van der Waals surface area contributed by atoms with Crippen LogP contribution < -0.4 is 10.6 Å². The van der Waals surface area contributed by atoms with Gasteiger partial charge >= 0.3 is 0 Å². The zero-order valence-electron chi connectivity index (χ0n) is 8.89. The van der Waals surface area contributed by atoms with E-state index in [0.29, 0.717) is 13.0 Å². The molecule has 1 aromatic carbocycles. The molecule has 1 unspecified atom stereocenters. The van der Waals surface area contributed by atoms with E-state index < -0.39 is 0 Å². The fourth-order valence-electron chi connectivity index (χ4n) is 1.79. The fourth-order valence-corrected chi connectivity index (χ4v) is 2.95. The van der Waals surface area contributed by atoms with Crippen molar-refractivity contribution in [2.45, 2.75) is 17.4 Å². The number of thiocyanates is 1. The number of hydrogen-bond donors (Lipinski definition) is 1. The van der Waals surface area contributed by atoms with E-state index >= 15 is 0 Å². The average Bonchev–Trinajstić information content (AvgIpc) is 2.58. The number of amides is 1. The second kappa shape index (κ2) is 5.08. The van der Waals surface area contributed by atoms with Crippen molar-refractivity contribution in [1.29, 1.82) is 5.26 Å². The van der Waals surface area contributed by atoms with Crippen LogP contribution in [0, 0.1) is 10.7 Å². The quantitative estimate of drug-likeness (QED) is 0.670. The van der Waals surface area contributed by atoms with Crippen LogP contribution in [-0.4, -0.2) is 18.5 Å². The number of thioether (sulfide) groups is 1. The van der Waals surface area contributed by atoms with E-state index in [0.717, 1.165) is 26.8 Å². The lowest BCUT2D eigenvalue weighted by molar-refractivity contribution is -0.117. The molecular formula is C11H10BrN3OS. The molecule has 2 N–H and O–H groups in total. The third-order valence-electron chi connectivity index (χ3n) is 2.53. The predicted octanol–water partition coefficient (Wildman–Crippen LogP) is 2.09. The SMILES string of the molecule is N#CSc1ccc(N2CC(N)CC2=O)c(Br)c1. The van der Waals surface area contributed by atoms with Crippen molar-refractivity contribution in [1.82, 2.24) is 0 Å². The number of hydrogen-bond acceptors (Lipinski definition) is 4. The average molecular weight is 312 g/mol. The molecule has 17 heavy (non-hydrogen) atoms. The van der Waals surface area contributed by atoms with Gasteiger partial charge in [0.05, 0.1) is 5.69 Å². The number of nitrogens with two attached hydrogens (primary N) is 1. The van der Waals surface area contributed by atoms with Gasteiger partial charge in [-0.2, -0.15) is 5.26 Å². The summed E-state index contributed by atoms with van der Waals surface area (Å²) in [7, 11) is 0. The van der Waals surface area contributed by atoms with E-state index in [-0.39, 0.29) is 11.9 Å². The smallest absolute Gasteiger partial charge is 0.228 e. The van der Waals surface area contributed by atoms with Crippen molar-refractivity contribution in [3.8, 4) is 5.40 Å². The highest BCUT2D eigenvalue weighted by atomic mass is 79.9. The summed E-state index contributed by atoms with van der Waals surface area (Å²) < 4.78 is 0.806. The second-order valence-corrected chi connectivity index (χ2v) is 5.49. The maximum Gasteiger partial charge on any atom is 0.228 e. The molecule has 1 amide bonds. The van der Waals surface area contributed by atoms with Crippen LogP contribution in [0.5, 0.6) is 0 Å². The second-order valence-electron chi connectivity index (χ2n) is 3.78. The highest BCUT2D eigenvalue weighted by molar-refractivity contribution is 9.10. The lowest BCUT2D eigenvalue weighted by Gasteiger charge is -2.18. The summed E-state index contributed by atoms with van der Waals surface area (Å²) in [5.74, 6) is 0.0406. The Labute approximate surface area is 112 Å². The molecule has 1 aromatic rings. The van der Waals surface area contributed by atoms with Gasteiger partial charge in [-0.05, 0) is 45.9 Å². The predicted molar refractivity (Wildman–Crippen MR) is 70.6 cm³/mol. The minimum atomic E-state index is -0.0949. The number of benzene rings is 1. The van der Waals surface area contributed by atoms with Gasteiger partial charge in [-0.25, -0.2) is 0 Å². The molecule has 88 valence electrons. The van der Waals surface area contributed by atoms with Crippen molar-refractivity contribution < 1.29 is 4.79 Å². The van der Waals surface area contributed by atoms with Crippen LogP contribution in [0.3, 0.4) is 0 Å². The van der Waals surface area contributed by atoms with Gasteiger partial charge < -0.3 is 10.6 Å². The standard InChI is InChI=1S/C11H10BrN3OS/c12-9-4-8(17-6-13)1-2-10(9)15-5-7(14)3-11(15)16/h1-2,4,7H,3,5,14H2. The van der Waals surface area contributed by atoms with Crippen LogP contribution in [0.2, 0.25) is 0 Å². The number of halogens is 1. The Morgan fingerprint density at radius 1 is 1.59 bits per heavy atom. The molecule has 6 heteroatoms. The summed E-state index contributed by atoms with van der Waals surface area (Å²) in [5, 5.41) is 10.6. The van der Waals surface area contributed by atoms with Gasteiger partial charge in [0.15, 0.2) is 0 Å². The van der Waals surface area contributed by atoms with Crippen LogP contribution >= 0.6 is 27.7 Å². The monoisotopic (exact) mass is 311 g/mol. The zero-order valence-corrected chi connectivity index (χ0v) is 11.3. The molecule has 1 fully saturated rings. The normalized spacial score (nSPS) is 19.5. The van der Waals surface area contributed by atoms with Crippen molar-refractivity contribution >= 4 is 39.3 Å². The van der Waals surface area contributed by atoms with Crippen LogP contribution in [0.15, 0.2) is 27.6 Å². The Hall–Kier alpha value is -1.03. The molecule has 1 heterocycles. The zero-order chi connectivity index (χ0) is 12.4. The summed E-state index contributed by atoms with van der Waals surface area (Å²) in [6.45, 7) is 0.544. The summed E-state index contributed by atoms with van der Waals surface area (Å²) in [6.07, 6.45) is 0.390. The Kier molecular flexibility index (Phi) is 3.72. The molecule has 0 bridgehead atoms. The van der Waals surface area contributed by atoms with E-state index in [1.54, 1.807) is 4.90 Å². The third kappa shape index (κ3) is 2.63. The van der Waals surface area contributed by atoms with Gasteiger partial charge in [0.1, 0.15) is 5.40 Å². The fraction of sp³-hybridized carbons (Fsp3) is 0.273. The van der Waals surface area contributed by atoms with E-state index in [1.165, 1.54) is 0 Å². The van der Waals surface area contributed by atoms with E-state index in [9.17, 15) is 4.79 Å². The number of carbonyl (C=O) groups is 1. The van der Waals surface area contributed by atoms with Crippen LogP contribution in [0.1, 0.15) is 6.42 Å². The highest BCUT2D eigenvalue weighted by Crippen LogP contribution is 2.32. The number of anilines is 1. The first kappa shape index (κ1) is 12.4. The Morgan fingerprint density at radius 3 is 2.88 bits per heavy atom. The summed E-state index contributed by atoms with van der Waals surface area (Å²) >= 11 is 4.51. The first-order valence-electron chi connectivity index (χ1n) is 5.03. The molecule has 1 aliphatic rings. The molecule has 0 spiro atoms. The van der Waals surface area contributed by atoms with Gasteiger partial charge in [0, 0.05) is 28.4 Å². The third-order valence-corrected chi connectivity index (χ3v) is 3.74. The number of carbonyl (C=O) groups excluding carboxylic acids is 1. The minimum Gasteiger partial charge on any atom is -0.326 e. The molecule has 0 saturated carbocycles. The minimum absolute atomic E-state index is 0.0406. The van der Waals surface area contributed by atoms with Crippen molar-refractivity contribution in [2.75, 3.05) is 11.4 Å². The van der Waals surface area contributed by atoms with Crippen LogP contribution in [-0.2, 0) is 4.79 Å². The molecule has 1 atom stereocenters. The van der Waals surface area contributed by atoms with E-state index in [2.05, 4.69) is 15.9 Å². The topological polar surface area (TPSA) is 70.1 Å². The van der Waals surface area contributed by atoms with Gasteiger partial charge in [-0.15, -0.1) is 0 Å². The number of rotatable bonds is 2. The van der Waals surface area contributed by atoms with Gasteiger partial charge in [0.25, 0.3) is 0 Å². The number of nitriles is 1. The highest BCUT2D eigenvalue weighted by Gasteiger charge is 2.29. The Morgan fingerprint density at radius 2 is 2.35 bits per heavy atom. The van der Waals surface area contributed by atoms with Gasteiger partial charge in [-0.1, -0.05) is 0 Å². The number of nitrogens with zero attached hydrogens (tertiary/aromatic N) is 2. The molecule has 1 aliphatic heterocycles. The van der Waals surface area contributed by atoms with Gasteiger partial charge in [-0.3, -0.25) is 4.79 Å². The molecule has 0 aliphatic carbocycles. The summed E-state index contributed by atoms with van der Waals surface area (Å²) in [6, 6.07) is 5.40. The largest absolute Gasteiger partial charge is 0.326 e. The van der Waals surface area contributed by atoms with Crippen LogP contribution in [0.25, 0.3) is 0 Å². The Balaban J connectivity index is 2.28. The van der Waals surface area contributed by atoms with Crippen molar-refractivity contribution in [2.24, 2.45) is 5.73 Å². The lowest BCUT2D eigenvalue weighted by Crippen LogP contribution is -2.28. The molecular weight excluding hydrogens is 302 g/mol. The van der Waals surface area contributed by atoms with E-state index in [4.69, 9.17) is 11.0 Å². The molecule has 0 radical (unpaired) electrons. The van der Waals surface area contributed by atoms with Crippen molar-refractivity contribution in [3.05, 3.63) is 22.7 Å². The summed E-state index contributed by atoms with van der Waals surface area (Å²) in [5.41, 5.74) is 6.57. The molecule has 4 nitrogen and oxygen atoms in total. The molecule has 0 aromatic heterocycles. The first-order valence-corrected chi connectivity index (χ1v) is 6.64. The molecule has 2 rings (SSSR count). The lowest BCUT2D eigenvalue weighted by atomic mass is 10.3. The summed E-state index contributed by atoms with van der Waals surface area (Å²) in [4.78, 5) is 14.2. The molecule has 1 saturated heterocycles. The Bertz CT molecular complexity index is 500. The first-order chi connectivity index (χ1) is 8.11. The van der Waals surface area contributed by atoms with Crippen LogP contribution in [0.4, 0.5) is 5.69 Å². The maximum absolute atomic E-state index is 11.7.